The predicted molar refractivity (Wildman–Crippen MR) is 137 cm³/mol. The summed E-state index contributed by atoms with van der Waals surface area (Å²) >= 11 is 1.57. The predicted octanol–water partition coefficient (Wildman–Crippen LogP) is 4.46. The van der Waals surface area contributed by atoms with Crippen molar-refractivity contribution < 1.29 is 24.2 Å². The van der Waals surface area contributed by atoms with Crippen LogP contribution in [0.2, 0.25) is 0 Å². The summed E-state index contributed by atoms with van der Waals surface area (Å²) in [4.78, 5) is 42.5. The molecule has 2 heterocycles. The Bertz CT molecular complexity index is 1430. The van der Waals surface area contributed by atoms with Crippen LogP contribution in [0.1, 0.15) is 20.9 Å². The molecule has 180 valence electrons. The van der Waals surface area contributed by atoms with Gasteiger partial charge >= 0.3 is 5.97 Å². The Hall–Kier alpha value is -4.50. The van der Waals surface area contributed by atoms with Gasteiger partial charge in [-0.25, -0.2) is 9.78 Å². The monoisotopic (exact) mass is 499 g/mol. The van der Waals surface area contributed by atoms with Crippen molar-refractivity contribution in [3.05, 3.63) is 94.3 Å². The summed E-state index contributed by atoms with van der Waals surface area (Å²) < 4.78 is 5.58. The molecule has 36 heavy (non-hydrogen) atoms. The number of aromatic nitrogens is 1. The average Bonchev–Trinajstić information content (AvgIpc) is 3.35. The standard InChI is InChI=1S/C27H21N3O5S/c31-24(28-20-9-6-18(7-10-20)27(33)34)14-30-22-13-19(8-11-23(22)35-15-26(30)32)21-16-36-25(29-21)12-17-4-2-1-3-5-17/h1-11,13,16H,12,14-15H2,(H,28,31)(H,33,34). The van der Waals surface area contributed by atoms with Gasteiger partial charge in [-0.15, -0.1) is 11.3 Å². The van der Waals surface area contributed by atoms with Crippen molar-refractivity contribution in [1.29, 1.82) is 0 Å². The molecule has 0 atom stereocenters. The molecule has 0 saturated heterocycles. The number of ether oxygens (including phenoxy) is 1. The highest BCUT2D eigenvalue weighted by Crippen LogP contribution is 2.36. The van der Waals surface area contributed by atoms with E-state index >= 15 is 0 Å². The van der Waals surface area contributed by atoms with Crippen LogP contribution >= 0.6 is 11.3 Å². The number of nitrogens with zero attached hydrogens (tertiary/aromatic N) is 2. The maximum atomic E-state index is 12.7. The Balaban J connectivity index is 1.33. The molecule has 0 bridgehead atoms. The molecule has 3 aromatic carbocycles. The zero-order chi connectivity index (χ0) is 25.1. The number of anilines is 2. The second-order valence-electron chi connectivity index (χ2n) is 8.17. The maximum Gasteiger partial charge on any atom is 0.335 e. The Morgan fingerprint density at radius 1 is 1.06 bits per heavy atom. The number of benzene rings is 3. The van der Waals surface area contributed by atoms with E-state index in [1.165, 1.54) is 34.7 Å². The summed E-state index contributed by atoms with van der Waals surface area (Å²) in [5, 5.41) is 14.7. The van der Waals surface area contributed by atoms with E-state index in [9.17, 15) is 14.4 Å². The minimum Gasteiger partial charge on any atom is -0.482 e. The topological polar surface area (TPSA) is 109 Å². The molecule has 1 aliphatic rings. The second kappa shape index (κ2) is 10.0. The molecule has 0 unspecified atom stereocenters. The normalized spacial score (nSPS) is 12.6. The van der Waals surface area contributed by atoms with Gasteiger partial charge in [-0.2, -0.15) is 0 Å². The van der Waals surface area contributed by atoms with Gasteiger partial charge in [0.25, 0.3) is 5.91 Å². The molecule has 1 aromatic heterocycles. The molecule has 1 aliphatic heterocycles. The molecule has 5 rings (SSSR count). The van der Waals surface area contributed by atoms with Gasteiger partial charge in [-0.05, 0) is 48.0 Å². The van der Waals surface area contributed by atoms with Crippen LogP contribution in [0.3, 0.4) is 0 Å². The molecule has 0 fully saturated rings. The van der Waals surface area contributed by atoms with Crippen molar-refractivity contribution >= 4 is 40.5 Å². The summed E-state index contributed by atoms with van der Waals surface area (Å²) in [7, 11) is 0. The van der Waals surface area contributed by atoms with Crippen LogP contribution in [0.5, 0.6) is 5.75 Å². The van der Waals surface area contributed by atoms with E-state index < -0.39 is 11.9 Å². The van der Waals surface area contributed by atoms with Crippen molar-refractivity contribution in [3.63, 3.8) is 0 Å². The van der Waals surface area contributed by atoms with Crippen LogP contribution in [0.15, 0.2) is 78.2 Å². The van der Waals surface area contributed by atoms with Gasteiger partial charge in [-0.1, -0.05) is 30.3 Å². The number of carboxylic acids is 1. The highest BCUT2D eigenvalue weighted by molar-refractivity contribution is 7.10. The summed E-state index contributed by atoms with van der Waals surface area (Å²) in [6.45, 7) is -0.374. The number of fused-ring (bicyclic) bond motifs is 1. The number of carbonyl (C=O) groups is 3. The van der Waals surface area contributed by atoms with Crippen LogP contribution in [0.25, 0.3) is 11.3 Å². The van der Waals surface area contributed by atoms with Crippen LogP contribution in [0.4, 0.5) is 11.4 Å². The second-order valence-corrected chi connectivity index (χ2v) is 9.11. The minimum absolute atomic E-state index is 0.117. The first-order valence-electron chi connectivity index (χ1n) is 11.2. The first-order valence-corrected chi connectivity index (χ1v) is 12.0. The van der Waals surface area contributed by atoms with Gasteiger partial charge in [0.15, 0.2) is 6.61 Å². The van der Waals surface area contributed by atoms with Crippen molar-refractivity contribution in [2.24, 2.45) is 0 Å². The van der Waals surface area contributed by atoms with Crippen LogP contribution in [0, 0.1) is 0 Å². The molecule has 0 aliphatic carbocycles. The van der Waals surface area contributed by atoms with E-state index in [-0.39, 0.29) is 24.6 Å². The lowest BCUT2D eigenvalue weighted by molar-refractivity contribution is -0.123. The number of hydrogen-bond acceptors (Lipinski definition) is 6. The van der Waals surface area contributed by atoms with E-state index in [2.05, 4.69) is 17.4 Å². The molecule has 0 radical (unpaired) electrons. The molecule has 9 heteroatoms. The quantitative estimate of drug-likeness (QED) is 0.389. The summed E-state index contributed by atoms with van der Waals surface area (Å²) in [6, 6.07) is 21.4. The first kappa shape index (κ1) is 23.3. The van der Waals surface area contributed by atoms with Gasteiger partial charge in [0.05, 0.1) is 22.0 Å². The molecule has 2 N–H and O–H groups in total. The van der Waals surface area contributed by atoms with Crippen molar-refractivity contribution in [2.75, 3.05) is 23.4 Å². The van der Waals surface area contributed by atoms with Crippen LogP contribution < -0.4 is 15.0 Å². The summed E-state index contributed by atoms with van der Waals surface area (Å²) in [6.07, 6.45) is 0.734. The van der Waals surface area contributed by atoms with E-state index in [0.717, 1.165) is 22.7 Å². The number of hydrogen-bond donors (Lipinski definition) is 2. The molecule has 8 nitrogen and oxygen atoms in total. The Morgan fingerprint density at radius 3 is 2.58 bits per heavy atom. The number of thiazole rings is 1. The van der Waals surface area contributed by atoms with Crippen molar-refractivity contribution in [1.82, 2.24) is 4.98 Å². The lowest BCUT2D eigenvalue weighted by Gasteiger charge is -2.29. The molecule has 4 aromatic rings. The molecule has 0 saturated carbocycles. The Kier molecular flexibility index (Phi) is 6.46. The Labute approximate surface area is 210 Å². The first-order chi connectivity index (χ1) is 17.5. The van der Waals surface area contributed by atoms with Crippen LogP contribution in [-0.2, 0) is 16.0 Å². The van der Waals surface area contributed by atoms with E-state index in [1.807, 2.05) is 35.7 Å². The van der Waals surface area contributed by atoms with Gasteiger partial charge in [0.2, 0.25) is 5.91 Å². The number of carbonyl (C=O) groups excluding carboxylic acids is 2. The fourth-order valence-electron chi connectivity index (χ4n) is 3.87. The third kappa shape index (κ3) is 5.11. The molecule has 2 amide bonds. The van der Waals surface area contributed by atoms with Gasteiger partial charge in [0.1, 0.15) is 12.3 Å². The van der Waals surface area contributed by atoms with E-state index in [1.54, 1.807) is 17.4 Å². The molecular formula is C27H21N3O5S. The van der Waals surface area contributed by atoms with Gasteiger partial charge in [0, 0.05) is 23.1 Å². The smallest absolute Gasteiger partial charge is 0.335 e. The zero-order valence-electron chi connectivity index (χ0n) is 19.0. The minimum atomic E-state index is -1.05. The summed E-state index contributed by atoms with van der Waals surface area (Å²) in [5.74, 6) is -1.29. The number of rotatable bonds is 7. The van der Waals surface area contributed by atoms with Gasteiger partial charge < -0.3 is 15.2 Å². The van der Waals surface area contributed by atoms with Gasteiger partial charge in [-0.3, -0.25) is 14.5 Å². The number of amides is 2. The zero-order valence-corrected chi connectivity index (χ0v) is 19.8. The largest absolute Gasteiger partial charge is 0.482 e. The third-order valence-corrected chi connectivity index (χ3v) is 6.51. The highest BCUT2D eigenvalue weighted by atomic mass is 32.1. The van der Waals surface area contributed by atoms with E-state index in [0.29, 0.717) is 17.1 Å². The maximum absolute atomic E-state index is 12.7. The molecular weight excluding hydrogens is 478 g/mol. The lowest BCUT2D eigenvalue weighted by atomic mass is 10.1. The van der Waals surface area contributed by atoms with Crippen molar-refractivity contribution in [3.8, 4) is 17.0 Å². The SMILES string of the molecule is O=C(CN1C(=O)COc2ccc(-c3csc(Cc4ccccc4)n3)cc21)Nc1ccc(C(=O)O)cc1. The highest BCUT2D eigenvalue weighted by Gasteiger charge is 2.28. The summed E-state index contributed by atoms with van der Waals surface area (Å²) in [5.41, 5.74) is 3.84. The van der Waals surface area contributed by atoms with E-state index in [4.69, 9.17) is 14.8 Å². The van der Waals surface area contributed by atoms with Crippen LogP contribution in [-0.4, -0.2) is 41.0 Å². The number of carboxylic acid groups (broad SMARTS) is 1. The number of nitrogens with one attached hydrogen (secondary N) is 1. The molecule has 0 spiro atoms. The fourth-order valence-corrected chi connectivity index (χ4v) is 4.71. The average molecular weight is 500 g/mol. The number of aromatic carboxylic acids is 1. The Morgan fingerprint density at radius 2 is 1.83 bits per heavy atom. The van der Waals surface area contributed by atoms with Crippen molar-refractivity contribution in [2.45, 2.75) is 6.42 Å². The fraction of sp³-hybridized carbons (Fsp3) is 0.111. The third-order valence-electron chi connectivity index (χ3n) is 5.66. The lowest BCUT2D eigenvalue weighted by Crippen LogP contribution is -2.43.